The van der Waals surface area contributed by atoms with Crippen molar-refractivity contribution in [2.45, 2.75) is 37.2 Å². The minimum atomic E-state index is -0.387. The Kier molecular flexibility index (Phi) is 6.19. The van der Waals surface area contributed by atoms with Crippen molar-refractivity contribution in [2.24, 2.45) is 0 Å². The number of amides is 1. The van der Waals surface area contributed by atoms with Gasteiger partial charge in [0.05, 0.1) is 19.8 Å². The van der Waals surface area contributed by atoms with E-state index in [0.29, 0.717) is 55.3 Å². The molecule has 0 N–H and O–H groups in total. The van der Waals surface area contributed by atoms with Crippen molar-refractivity contribution in [1.29, 1.82) is 0 Å². The maximum atomic E-state index is 13.3. The Balaban J connectivity index is 1.68. The topological polar surface area (TPSA) is 89.8 Å². The number of carbonyl (C=O) groups excluding carboxylic acids is 2. The lowest BCUT2D eigenvalue weighted by Gasteiger charge is -2.40. The van der Waals surface area contributed by atoms with Crippen LogP contribution in [0.5, 0.6) is 11.5 Å². The van der Waals surface area contributed by atoms with Crippen LogP contribution in [0, 0.1) is 6.92 Å². The van der Waals surface area contributed by atoms with Crippen molar-refractivity contribution in [3.05, 3.63) is 29.6 Å². The van der Waals surface area contributed by atoms with Gasteiger partial charge in [-0.15, -0.1) is 5.10 Å². The summed E-state index contributed by atoms with van der Waals surface area (Å²) in [5.74, 6) is 1.89. The number of piperazine rings is 1. The number of aryl methyl sites for hydroxylation is 1. The number of benzene rings is 1. The van der Waals surface area contributed by atoms with E-state index in [1.165, 1.54) is 16.4 Å². The van der Waals surface area contributed by atoms with Gasteiger partial charge in [0.1, 0.15) is 11.1 Å². The fourth-order valence-electron chi connectivity index (χ4n) is 4.13. The van der Waals surface area contributed by atoms with Crippen LogP contribution >= 0.6 is 11.8 Å². The number of hydrogen-bond donors (Lipinski definition) is 0. The van der Waals surface area contributed by atoms with E-state index in [0.717, 1.165) is 5.56 Å². The molecule has 0 spiro atoms. The van der Waals surface area contributed by atoms with E-state index in [9.17, 15) is 9.59 Å². The van der Waals surface area contributed by atoms with Crippen LogP contribution in [0.3, 0.4) is 0 Å². The number of nitrogens with zero attached hydrogens (tertiary/aromatic N) is 5. The van der Waals surface area contributed by atoms with Gasteiger partial charge in [-0.3, -0.25) is 14.5 Å². The molecule has 2 aromatic rings. The highest BCUT2D eigenvalue weighted by molar-refractivity contribution is 8.00. The van der Waals surface area contributed by atoms with Gasteiger partial charge in [0, 0.05) is 33.1 Å². The van der Waals surface area contributed by atoms with Gasteiger partial charge in [0.2, 0.25) is 5.91 Å². The van der Waals surface area contributed by atoms with Gasteiger partial charge in [-0.1, -0.05) is 17.8 Å². The molecule has 0 saturated carbocycles. The summed E-state index contributed by atoms with van der Waals surface area (Å²) in [5, 5.41) is 4.51. The van der Waals surface area contributed by atoms with Crippen molar-refractivity contribution in [2.75, 3.05) is 39.9 Å². The average Bonchev–Trinajstić information content (AvgIpc) is 3.27. The van der Waals surface area contributed by atoms with Crippen molar-refractivity contribution in [1.82, 2.24) is 24.6 Å². The highest BCUT2D eigenvalue weighted by Gasteiger charge is 2.43. The van der Waals surface area contributed by atoms with Crippen LogP contribution in [0.1, 0.15) is 36.1 Å². The predicted molar refractivity (Wildman–Crippen MR) is 116 cm³/mol. The number of carbonyl (C=O) groups is 2. The fraction of sp³-hybridized carbons (Fsp3) is 0.524. The molecule has 4 rings (SSSR count). The second kappa shape index (κ2) is 8.88. The Morgan fingerprint density at radius 3 is 2.61 bits per heavy atom. The molecule has 9 nitrogen and oxygen atoms in total. The maximum Gasteiger partial charge on any atom is 0.264 e. The average molecular weight is 446 g/mol. The van der Waals surface area contributed by atoms with Gasteiger partial charge in [-0.25, -0.2) is 4.98 Å². The van der Waals surface area contributed by atoms with E-state index in [1.807, 2.05) is 30.0 Å². The SMILES string of the molecule is CCOc1ccc(C(C2Sc3nc(C)nn3C2=O)N2CCN(C(C)=O)CC2)cc1OC. The van der Waals surface area contributed by atoms with Crippen LogP contribution in [-0.2, 0) is 4.79 Å². The molecule has 10 heteroatoms. The number of fused-ring (bicyclic) bond motifs is 1. The first kappa shape index (κ1) is 21.6. The van der Waals surface area contributed by atoms with E-state index in [4.69, 9.17) is 9.47 Å². The second-order valence-corrected chi connectivity index (χ2v) is 8.67. The van der Waals surface area contributed by atoms with Crippen LogP contribution in [0.4, 0.5) is 0 Å². The van der Waals surface area contributed by atoms with Crippen LogP contribution in [-0.4, -0.2) is 81.5 Å². The molecule has 31 heavy (non-hydrogen) atoms. The Labute approximate surface area is 185 Å². The third-order valence-corrected chi connectivity index (χ3v) is 6.83. The summed E-state index contributed by atoms with van der Waals surface area (Å²) < 4.78 is 12.6. The normalized spacial score (nSPS) is 19.9. The van der Waals surface area contributed by atoms with E-state index >= 15 is 0 Å². The van der Waals surface area contributed by atoms with Crippen molar-refractivity contribution in [3.63, 3.8) is 0 Å². The predicted octanol–water partition coefficient (Wildman–Crippen LogP) is 2.01. The zero-order valence-corrected chi connectivity index (χ0v) is 19.0. The summed E-state index contributed by atoms with van der Waals surface area (Å²) in [6.07, 6.45) is 0. The maximum absolute atomic E-state index is 13.3. The lowest BCUT2D eigenvalue weighted by molar-refractivity contribution is -0.130. The third-order valence-electron chi connectivity index (χ3n) is 5.64. The van der Waals surface area contributed by atoms with Crippen molar-refractivity contribution < 1.29 is 19.1 Å². The highest BCUT2D eigenvalue weighted by atomic mass is 32.2. The lowest BCUT2D eigenvalue weighted by atomic mass is 9.99. The first-order valence-electron chi connectivity index (χ1n) is 10.4. The molecule has 166 valence electrons. The van der Waals surface area contributed by atoms with Crippen LogP contribution < -0.4 is 9.47 Å². The quantitative estimate of drug-likeness (QED) is 0.667. The highest BCUT2D eigenvalue weighted by Crippen LogP contribution is 2.43. The van der Waals surface area contributed by atoms with Gasteiger partial charge in [0.15, 0.2) is 16.7 Å². The monoisotopic (exact) mass is 445 g/mol. The molecule has 2 aliphatic rings. The number of ether oxygens (including phenoxy) is 2. The Hall–Kier alpha value is -2.59. The standard InChI is InChI=1S/C21H27N5O4S/c1-5-30-16-7-6-15(12-17(16)29-4)18(25-10-8-24(9-11-25)14(3)27)19-20(28)26-21(31-19)22-13(2)23-26/h6-7,12,18-19H,5,8-11H2,1-4H3. The smallest absolute Gasteiger partial charge is 0.264 e. The number of rotatable bonds is 6. The molecule has 0 aliphatic carbocycles. The van der Waals surface area contributed by atoms with E-state index in [2.05, 4.69) is 15.0 Å². The molecule has 1 saturated heterocycles. The number of thioether (sulfide) groups is 1. The van der Waals surface area contributed by atoms with Gasteiger partial charge < -0.3 is 14.4 Å². The molecule has 1 amide bonds. The molecule has 3 heterocycles. The zero-order chi connectivity index (χ0) is 22.1. The molecule has 1 aromatic carbocycles. The second-order valence-electron chi connectivity index (χ2n) is 7.56. The van der Waals surface area contributed by atoms with Crippen LogP contribution in [0.15, 0.2) is 23.4 Å². The molecule has 2 unspecified atom stereocenters. The minimum absolute atomic E-state index is 0.0741. The Morgan fingerprint density at radius 2 is 2.00 bits per heavy atom. The Morgan fingerprint density at radius 1 is 1.26 bits per heavy atom. The molecule has 1 fully saturated rings. The van der Waals surface area contributed by atoms with Crippen LogP contribution in [0.25, 0.3) is 0 Å². The van der Waals surface area contributed by atoms with E-state index < -0.39 is 0 Å². The molecule has 2 atom stereocenters. The van der Waals surface area contributed by atoms with Gasteiger partial charge in [0.25, 0.3) is 5.91 Å². The summed E-state index contributed by atoms with van der Waals surface area (Å²) in [6.45, 7) is 8.46. The van der Waals surface area contributed by atoms with Gasteiger partial charge in [-0.2, -0.15) is 4.68 Å². The lowest BCUT2D eigenvalue weighted by Crippen LogP contribution is -2.51. The first-order valence-corrected chi connectivity index (χ1v) is 11.3. The van der Waals surface area contributed by atoms with E-state index in [-0.39, 0.29) is 23.1 Å². The fourth-order valence-corrected chi connectivity index (χ4v) is 5.44. The van der Waals surface area contributed by atoms with Gasteiger partial charge in [-0.05, 0) is 31.5 Å². The molecular weight excluding hydrogens is 418 g/mol. The summed E-state index contributed by atoms with van der Waals surface area (Å²) in [5.41, 5.74) is 0.963. The summed E-state index contributed by atoms with van der Waals surface area (Å²) in [7, 11) is 1.61. The third kappa shape index (κ3) is 4.14. The largest absolute Gasteiger partial charge is 0.493 e. The minimum Gasteiger partial charge on any atom is -0.493 e. The Bertz CT molecular complexity index is 986. The van der Waals surface area contributed by atoms with Gasteiger partial charge >= 0.3 is 0 Å². The molecule has 1 aromatic heterocycles. The van der Waals surface area contributed by atoms with Crippen LogP contribution in [0.2, 0.25) is 0 Å². The molecular formula is C21H27N5O4S. The molecule has 2 aliphatic heterocycles. The van der Waals surface area contributed by atoms with E-state index in [1.54, 1.807) is 21.0 Å². The summed E-state index contributed by atoms with van der Waals surface area (Å²) >= 11 is 1.44. The number of hydrogen-bond acceptors (Lipinski definition) is 8. The summed E-state index contributed by atoms with van der Waals surface area (Å²) in [4.78, 5) is 33.5. The zero-order valence-electron chi connectivity index (χ0n) is 18.2. The molecule has 0 radical (unpaired) electrons. The number of aromatic nitrogens is 3. The number of methoxy groups -OCH3 is 1. The summed E-state index contributed by atoms with van der Waals surface area (Å²) in [6, 6.07) is 5.62. The first-order chi connectivity index (χ1) is 14.9. The van der Waals surface area contributed by atoms with Crippen molar-refractivity contribution in [3.8, 4) is 11.5 Å². The van der Waals surface area contributed by atoms with Crippen molar-refractivity contribution >= 4 is 23.6 Å². The molecule has 0 bridgehead atoms.